The predicted molar refractivity (Wildman–Crippen MR) is 83.0 cm³/mol. The lowest BCUT2D eigenvalue weighted by molar-refractivity contribution is 0.124. The number of hydrogen-bond acceptors (Lipinski definition) is 4. The summed E-state index contributed by atoms with van der Waals surface area (Å²) in [5.41, 5.74) is 2.65. The van der Waals surface area contributed by atoms with Crippen LogP contribution < -0.4 is 10.0 Å². The molecule has 1 aliphatic rings. The predicted octanol–water partition coefficient (Wildman–Crippen LogP) is 1.13. The Balaban J connectivity index is 2.11. The second-order valence-electron chi connectivity index (χ2n) is 5.72. The Labute approximate surface area is 127 Å². The van der Waals surface area contributed by atoms with E-state index >= 15 is 0 Å². The molecule has 1 heterocycles. The molecule has 0 radical (unpaired) electrons. The highest BCUT2D eigenvalue weighted by molar-refractivity contribution is 7.89. The molecule has 1 saturated heterocycles. The molecular formula is C15H24N2O3S. The fourth-order valence-corrected chi connectivity index (χ4v) is 4.35. The molecule has 1 aliphatic heterocycles. The van der Waals surface area contributed by atoms with Crippen LogP contribution in [0.4, 0.5) is 0 Å². The highest BCUT2D eigenvalue weighted by atomic mass is 32.2. The van der Waals surface area contributed by atoms with Crippen molar-refractivity contribution in [1.82, 2.24) is 10.0 Å². The number of sulfonamides is 1. The molecular weight excluding hydrogens is 288 g/mol. The average molecular weight is 312 g/mol. The van der Waals surface area contributed by atoms with Gasteiger partial charge in [0.1, 0.15) is 0 Å². The summed E-state index contributed by atoms with van der Waals surface area (Å²) in [6.45, 7) is 8.89. The summed E-state index contributed by atoms with van der Waals surface area (Å²) in [6.07, 6.45) is 0. The van der Waals surface area contributed by atoms with Gasteiger partial charge >= 0.3 is 0 Å². The second-order valence-corrected chi connectivity index (χ2v) is 7.43. The van der Waals surface area contributed by atoms with Crippen molar-refractivity contribution in [3.05, 3.63) is 28.8 Å². The lowest BCUT2D eigenvalue weighted by Crippen LogP contribution is -2.35. The quantitative estimate of drug-likeness (QED) is 0.874. The maximum Gasteiger partial charge on any atom is 0.241 e. The van der Waals surface area contributed by atoms with Gasteiger partial charge < -0.3 is 10.1 Å². The standard InChI is InChI=1S/C15H24N2O3S/c1-11-6-12(2)15(13(3)7-11)21(18,19)17-9-14-8-16-4-5-20-10-14/h6-7,14,16-17H,4-5,8-10H2,1-3H3. The topological polar surface area (TPSA) is 67.4 Å². The van der Waals surface area contributed by atoms with E-state index in [0.29, 0.717) is 24.7 Å². The Hall–Kier alpha value is -0.950. The van der Waals surface area contributed by atoms with Gasteiger partial charge in [0.25, 0.3) is 0 Å². The van der Waals surface area contributed by atoms with Crippen LogP contribution in [0.1, 0.15) is 16.7 Å². The van der Waals surface area contributed by atoms with E-state index in [1.54, 1.807) is 0 Å². The highest BCUT2D eigenvalue weighted by Crippen LogP contribution is 2.21. The molecule has 2 N–H and O–H groups in total. The van der Waals surface area contributed by atoms with Crippen LogP contribution in [0, 0.1) is 26.7 Å². The van der Waals surface area contributed by atoms with E-state index in [1.807, 2.05) is 32.9 Å². The number of ether oxygens (including phenoxy) is 1. The van der Waals surface area contributed by atoms with E-state index in [2.05, 4.69) is 10.0 Å². The van der Waals surface area contributed by atoms with E-state index in [9.17, 15) is 8.42 Å². The zero-order valence-electron chi connectivity index (χ0n) is 12.9. The molecule has 1 atom stereocenters. The van der Waals surface area contributed by atoms with Crippen molar-refractivity contribution in [2.75, 3.05) is 32.8 Å². The van der Waals surface area contributed by atoms with Crippen LogP contribution in [-0.4, -0.2) is 41.3 Å². The average Bonchev–Trinajstić information content (AvgIpc) is 2.63. The number of hydrogen-bond donors (Lipinski definition) is 2. The number of aryl methyl sites for hydroxylation is 3. The third kappa shape index (κ3) is 4.26. The Morgan fingerprint density at radius 2 is 1.95 bits per heavy atom. The summed E-state index contributed by atoms with van der Waals surface area (Å²) in [6, 6.07) is 3.80. The van der Waals surface area contributed by atoms with Crippen LogP contribution in [0.25, 0.3) is 0 Å². The van der Waals surface area contributed by atoms with Gasteiger partial charge in [-0.3, -0.25) is 0 Å². The Bertz CT molecular complexity index is 568. The van der Waals surface area contributed by atoms with E-state index in [1.165, 1.54) is 0 Å². The Morgan fingerprint density at radius 1 is 1.29 bits per heavy atom. The zero-order valence-corrected chi connectivity index (χ0v) is 13.7. The van der Waals surface area contributed by atoms with Crippen LogP contribution in [0.5, 0.6) is 0 Å². The lowest BCUT2D eigenvalue weighted by Gasteiger charge is -2.17. The first-order valence-corrected chi connectivity index (χ1v) is 8.74. The fourth-order valence-electron chi connectivity index (χ4n) is 2.78. The molecule has 5 nitrogen and oxygen atoms in total. The van der Waals surface area contributed by atoms with Crippen molar-refractivity contribution in [2.45, 2.75) is 25.7 Å². The van der Waals surface area contributed by atoms with Crippen molar-refractivity contribution in [3.8, 4) is 0 Å². The van der Waals surface area contributed by atoms with Crippen LogP contribution in [-0.2, 0) is 14.8 Å². The molecule has 2 rings (SSSR count). The van der Waals surface area contributed by atoms with E-state index < -0.39 is 10.0 Å². The van der Waals surface area contributed by atoms with Gasteiger partial charge in [-0.05, 0) is 31.9 Å². The molecule has 1 aromatic rings. The minimum Gasteiger partial charge on any atom is -0.380 e. The van der Waals surface area contributed by atoms with Gasteiger partial charge in [-0.2, -0.15) is 0 Å². The molecule has 0 amide bonds. The maximum atomic E-state index is 12.5. The monoisotopic (exact) mass is 312 g/mol. The van der Waals surface area contributed by atoms with E-state index in [0.717, 1.165) is 29.8 Å². The zero-order chi connectivity index (χ0) is 15.5. The van der Waals surface area contributed by atoms with Gasteiger partial charge in [0.15, 0.2) is 0 Å². The lowest BCUT2D eigenvalue weighted by atomic mass is 10.1. The van der Waals surface area contributed by atoms with Crippen molar-refractivity contribution >= 4 is 10.0 Å². The SMILES string of the molecule is Cc1cc(C)c(S(=O)(=O)NCC2CNCCOC2)c(C)c1. The molecule has 0 aliphatic carbocycles. The first kappa shape index (κ1) is 16.4. The number of nitrogens with one attached hydrogen (secondary N) is 2. The van der Waals surface area contributed by atoms with Crippen LogP contribution in [0.2, 0.25) is 0 Å². The smallest absolute Gasteiger partial charge is 0.241 e. The summed E-state index contributed by atoms with van der Waals surface area (Å²) >= 11 is 0. The van der Waals surface area contributed by atoms with Crippen LogP contribution in [0.15, 0.2) is 17.0 Å². The molecule has 1 aromatic carbocycles. The van der Waals surface area contributed by atoms with Gasteiger partial charge in [-0.25, -0.2) is 13.1 Å². The molecule has 0 spiro atoms. The first-order chi connectivity index (χ1) is 9.90. The van der Waals surface area contributed by atoms with Crippen molar-refractivity contribution in [2.24, 2.45) is 5.92 Å². The number of benzene rings is 1. The molecule has 0 aromatic heterocycles. The molecule has 1 fully saturated rings. The first-order valence-electron chi connectivity index (χ1n) is 7.26. The Kier molecular flexibility index (Phi) is 5.37. The van der Waals surface area contributed by atoms with Gasteiger partial charge in [-0.15, -0.1) is 0 Å². The molecule has 1 unspecified atom stereocenters. The van der Waals surface area contributed by atoms with Gasteiger partial charge in [-0.1, -0.05) is 17.7 Å². The highest BCUT2D eigenvalue weighted by Gasteiger charge is 2.22. The van der Waals surface area contributed by atoms with Crippen molar-refractivity contribution < 1.29 is 13.2 Å². The second kappa shape index (κ2) is 6.87. The van der Waals surface area contributed by atoms with Crippen LogP contribution in [0.3, 0.4) is 0 Å². The van der Waals surface area contributed by atoms with Gasteiger partial charge in [0, 0.05) is 25.6 Å². The third-order valence-corrected chi connectivity index (χ3v) is 5.37. The van der Waals surface area contributed by atoms with Gasteiger partial charge in [0.2, 0.25) is 10.0 Å². The molecule has 118 valence electrons. The minimum absolute atomic E-state index is 0.160. The maximum absolute atomic E-state index is 12.5. The Morgan fingerprint density at radius 3 is 2.62 bits per heavy atom. The molecule has 0 saturated carbocycles. The summed E-state index contributed by atoms with van der Waals surface area (Å²) < 4.78 is 33.3. The molecule has 6 heteroatoms. The number of rotatable bonds is 4. The van der Waals surface area contributed by atoms with Crippen molar-refractivity contribution in [1.29, 1.82) is 0 Å². The summed E-state index contributed by atoms with van der Waals surface area (Å²) in [4.78, 5) is 0.399. The van der Waals surface area contributed by atoms with Crippen LogP contribution >= 0.6 is 0 Å². The normalized spacial score (nSPS) is 20.2. The van der Waals surface area contributed by atoms with Gasteiger partial charge in [0.05, 0.1) is 18.1 Å². The summed E-state index contributed by atoms with van der Waals surface area (Å²) in [7, 11) is -3.48. The largest absolute Gasteiger partial charge is 0.380 e. The summed E-state index contributed by atoms with van der Waals surface area (Å²) in [5, 5.41) is 3.24. The van der Waals surface area contributed by atoms with E-state index in [-0.39, 0.29) is 5.92 Å². The van der Waals surface area contributed by atoms with E-state index in [4.69, 9.17) is 4.74 Å². The third-order valence-electron chi connectivity index (χ3n) is 3.65. The molecule has 0 bridgehead atoms. The fraction of sp³-hybridized carbons (Fsp3) is 0.600. The minimum atomic E-state index is -3.48. The molecule has 21 heavy (non-hydrogen) atoms. The van der Waals surface area contributed by atoms with Crippen molar-refractivity contribution in [3.63, 3.8) is 0 Å². The summed E-state index contributed by atoms with van der Waals surface area (Å²) in [5.74, 6) is 0.160.